The number of carboxylic acids is 1. The molecule has 1 fully saturated rings. The van der Waals surface area contributed by atoms with Crippen molar-refractivity contribution in [1.29, 1.82) is 0 Å². The Kier molecular flexibility index (Phi) is 4.92. The summed E-state index contributed by atoms with van der Waals surface area (Å²) in [7, 11) is 0. The molecule has 2 rings (SSSR count). The molecule has 7 heteroatoms. The van der Waals surface area contributed by atoms with Gasteiger partial charge in [0.1, 0.15) is 0 Å². The first-order chi connectivity index (χ1) is 11.0. The van der Waals surface area contributed by atoms with Crippen LogP contribution in [0.5, 0.6) is 0 Å². The van der Waals surface area contributed by atoms with Crippen molar-refractivity contribution in [2.75, 3.05) is 13.1 Å². The van der Waals surface area contributed by atoms with Crippen LogP contribution in [0.2, 0.25) is 0 Å². The van der Waals surface area contributed by atoms with Gasteiger partial charge >= 0.3 is 12.1 Å². The van der Waals surface area contributed by atoms with Gasteiger partial charge in [0.15, 0.2) is 0 Å². The van der Waals surface area contributed by atoms with Gasteiger partial charge in [-0.3, -0.25) is 9.59 Å². The van der Waals surface area contributed by atoms with E-state index in [4.69, 9.17) is 0 Å². The Hall–Kier alpha value is -2.05. The molecule has 132 valence electrons. The lowest BCUT2D eigenvalue weighted by atomic mass is 9.90. The average molecular weight is 343 g/mol. The van der Waals surface area contributed by atoms with E-state index in [-0.39, 0.29) is 24.8 Å². The van der Waals surface area contributed by atoms with Gasteiger partial charge in [-0.15, -0.1) is 0 Å². The number of carbonyl (C=O) groups excluding carboxylic acids is 1. The van der Waals surface area contributed by atoms with Crippen molar-refractivity contribution < 1.29 is 27.9 Å². The number of carbonyl (C=O) groups is 2. The summed E-state index contributed by atoms with van der Waals surface area (Å²) in [5, 5.41) is 9.19. The molecule has 0 unspecified atom stereocenters. The molecule has 2 atom stereocenters. The summed E-state index contributed by atoms with van der Waals surface area (Å²) in [5.41, 5.74) is -1.24. The molecule has 0 aromatic heterocycles. The molecule has 0 spiro atoms. The fraction of sp³-hybridized carbons (Fsp3) is 0.529. The summed E-state index contributed by atoms with van der Waals surface area (Å²) in [6.45, 7) is 3.78. The number of rotatable bonds is 4. The van der Waals surface area contributed by atoms with Gasteiger partial charge in [0, 0.05) is 19.5 Å². The second-order valence-corrected chi connectivity index (χ2v) is 6.66. The van der Waals surface area contributed by atoms with Gasteiger partial charge in [-0.2, -0.15) is 13.2 Å². The van der Waals surface area contributed by atoms with Crippen molar-refractivity contribution >= 4 is 11.9 Å². The minimum atomic E-state index is -4.42. The van der Waals surface area contributed by atoms with Gasteiger partial charge in [0.25, 0.3) is 0 Å². The average Bonchev–Trinajstić information content (AvgIpc) is 2.90. The molecular weight excluding hydrogens is 323 g/mol. The second kappa shape index (κ2) is 6.45. The van der Waals surface area contributed by atoms with Gasteiger partial charge < -0.3 is 10.0 Å². The zero-order valence-electron chi connectivity index (χ0n) is 13.6. The fourth-order valence-corrected chi connectivity index (χ4v) is 2.88. The zero-order chi connectivity index (χ0) is 18.1. The number of likely N-dealkylation sites (tertiary alicyclic amines) is 1. The van der Waals surface area contributed by atoms with Crippen LogP contribution in [-0.2, 0) is 15.8 Å². The first-order valence-corrected chi connectivity index (χ1v) is 7.71. The molecule has 4 nitrogen and oxygen atoms in total. The van der Waals surface area contributed by atoms with Crippen molar-refractivity contribution in [2.45, 2.75) is 38.8 Å². The fourth-order valence-electron chi connectivity index (χ4n) is 2.88. The standard InChI is InChI=1S/C17H20F3NO3/c1-11(12-4-3-5-13(9-12)17(18,19)20)8-14(22)21-7-6-16(2,10-21)15(23)24/h3-5,9,11H,6-8,10H2,1-2H3,(H,23,24)/t11-,16-/m0/s1. The first kappa shape index (κ1) is 18.3. The third-order valence-corrected chi connectivity index (χ3v) is 4.61. The maximum Gasteiger partial charge on any atom is 0.416 e. The summed E-state index contributed by atoms with van der Waals surface area (Å²) in [4.78, 5) is 25.0. The normalized spacial score (nSPS) is 22.5. The highest BCUT2D eigenvalue weighted by atomic mass is 19.4. The van der Waals surface area contributed by atoms with Crippen LogP contribution in [0.4, 0.5) is 13.2 Å². The third kappa shape index (κ3) is 3.88. The molecular formula is C17H20F3NO3. The van der Waals surface area contributed by atoms with Crippen molar-refractivity contribution in [3.63, 3.8) is 0 Å². The van der Waals surface area contributed by atoms with Gasteiger partial charge in [-0.1, -0.05) is 25.1 Å². The Morgan fingerprint density at radius 2 is 2.04 bits per heavy atom. The van der Waals surface area contributed by atoms with E-state index in [1.807, 2.05) is 0 Å². The number of hydrogen-bond donors (Lipinski definition) is 1. The molecule has 24 heavy (non-hydrogen) atoms. The highest BCUT2D eigenvalue weighted by Gasteiger charge is 2.42. The molecule has 0 saturated carbocycles. The highest BCUT2D eigenvalue weighted by molar-refractivity contribution is 5.81. The van der Waals surface area contributed by atoms with Crippen LogP contribution in [0.25, 0.3) is 0 Å². The van der Waals surface area contributed by atoms with Crippen LogP contribution < -0.4 is 0 Å². The molecule has 1 aliphatic rings. The van der Waals surface area contributed by atoms with Crippen LogP contribution in [0.15, 0.2) is 24.3 Å². The van der Waals surface area contributed by atoms with Crippen LogP contribution in [-0.4, -0.2) is 35.0 Å². The monoisotopic (exact) mass is 343 g/mol. The van der Waals surface area contributed by atoms with Gasteiger partial charge in [-0.25, -0.2) is 0 Å². The number of nitrogens with zero attached hydrogens (tertiary/aromatic N) is 1. The van der Waals surface area contributed by atoms with Gasteiger partial charge in [0.05, 0.1) is 11.0 Å². The number of benzene rings is 1. The SMILES string of the molecule is C[C@@H](CC(=O)N1CC[C@](C)(C(=O)O)C1)c1cccc(C(F)(F)F)c1. The summed E-state index contributed by atoms with van der Waals surface area (Å²) in [5.74, 6) is -1.55. The van der Waals surface area contributed by atoms with Crippen molar-refractivity contribution in [3.05, 3.63) is 35.4 Å². The smallest absolute Gasteiger partial charge is 0.416 e. The van der Waals surface area contributed by atoms with Gasteiger partial charge in [-0.05, 0) is 30.9 Å². The van der Waals surface area contributed by atoms with Crippen LogP contribution in [0.1, 0.15) is 43.7 Å². The predicted molar refractivity (Wildman–Crippen MR) is 81.4 cm³/mol. The van der Waals surface area contributed by atoms with E-state index in [9.17, 15) is 27.9 Å². The molecule has 0 radical (unpaired) electrons. The molecule has 1 aliphatic heterocycles. The quantitative estimate of drug-likeness (QED) is 0.910. The van der Waals surface area contributed by atoms with E-state index in [0.29, 0.717) is 18.5 Å². The minimum Gasteiger partial charge on any atom is -0.481 e. The summed E-state index contributed by atoms with van der Waals surface area (Å²) in [6.07, 6.45) is -3.99. The van der Waals surface area contributed by atoms with Crippen LogP contribution in [0.3, 0.4) is 0 Å². The Labute approximate surface area is 138 Å². The third-order valence-electron chi connectivity index (χ3n) is 4.61. The molecule has 0 bridgehead atoms. The number of aliphatic carboxylic acids is 1. The molecule has 1 amide bonds. The predicted octanol–water partition coefficient (Wildman–Crippen LogP) is 3.52. The maximum absolute atomic E-state index is 12.8. The van der Waals surface area contributed by atoms with E-state index in [0.717, 1.165) is 12.1 Å². The van der Waals surface area contributed by atoms with Crippen molar-refractivity contribution in [3.8, 4) is 0 Å². The number of amides is 1. The lowest BCUT2D eigenvalue weighted by molar-refractivity contribution is -0.147. The topological polar surface area (TPSA) is 57.6 Å². The lowest BCUT2D eigenvalue weighted by Crippen LogP contribution is -2.35. The maximum atomic E-state index is 12.8. The second-order valence-electron chi connectivity index (χ2n) is 6.66. The summed E-state index contributed by atoms with van der Waals surface area (Å²) >= 11 is 0. The Morgan fingerprint density at radius 1 is 1.38 bits per heavy atom. The van der Waals surface area contributed by atoms with E-state index >= 15 is 0 Å². The Morgan fingerprint density at radius 3 is 2.58 bits per heavy atom. The summed E-state index contributed by atoms with van der Waals surface area (Å²) < 4.78 is 38.3. The molecule has 1 N–H and O–H groups in total. The number of hydrogen-bond acceptors (Lipinski definition) is 2. The highest BCUT2D eigenvalue weighted by Crippen LogP contribution is 2.33. The number of alkyl halides is 3. The number of carboxylic acid groups (broad SMARTS) is 1. The molecule has 1 aromatic rings. The Balaban J connectivity index is 2.04. The van der Waals surface area contributed by atoms with E-state index in [2.05, 4.69) is 0 Å². The number of halogens is 3. The largest absolute Gasteiger partial charge is 0.481 e. The van der Waals surface area contributed by atoms with E-state index < -0.39 is 23.1 Å². The molecule has 1 saturated heterocycles. The lowest BCUT2D eigenvalue weighted by Gasteiger charge is -2.22. The Bertz CT molecular complexity index is 644. The van der Waals surface area contributed by atoms with E-state index in [1.54, 1.807) is 19.9 Å². The van der Waals surface area contributed by atoms with Crippen LogP contribution >= 0.6 is 0 Å². The first-order valence-electron chi connectivity index (χ1n) is 7.71. The minimum absolute atomic E-state index is 0.0526. The van der Waals surface area contributed by atoms with E-state index in [1.165, 1.54) is 11.0 Å². The molecule has 0 aliphatic carbocycles. The van der Waals surface area contributed by atoms with Crippen LogP contribution in [0, 0.1) is 5.41 Å². The summed E-state index contributed by atoms with van der Waals surface area (Å²) in [6, 6.07) is 4.95. The zero-order valence-corrected chi connectivity index (χ0v) is 13.6. The van der Waals surface area contributed by atoms with Crippen molar-refractivity contribution in [2.24, 2.45) is 5.41 Å². The molecule has 1 heterocycles. The van der Waals surface area contributed by atoms with Crippen molar-refractivity contribution in [1.82, 2.24) is 4.90 Å². The van der Waals surface area contributed by atoms with Gasteiger partial charge in [0.2, 0.25) is 5.91 Å². The molecule has 1 aromatic carbocycles.